The normalized spacial score (nSPS) is 11.8. The topological polar surface area (TPSA) is 83.2 Å². The van der Waals surface area contributed by atoms with Crippen LogP contribution in [0.1, 0.15) is 21.9 Å². The third kappa shape index (κ3) is 2.72. The van der Waals surface area contributed by atoms with Crippen LogP contribution in [0.3, 0.4) is 0 Å². The lowest BCUT2D eigenvalue weighted by molar-refractivity contribution is -0.255. The van der Waals surface area contributed by atoms with Crippen molar-refractivity contribution >= 4 is 11.7 Å². The summed E-state index contributed by atoms with van der Waals surface area (Å²) in [6.07, 6.45) is -4.80. The number of nitrogens with zero attached hydrogens (tertiary/aromatic N) is 4. The van der Waals surface area contributed by atoms with E-state index in [1.807, 2.05) is 6.92 Å². The molecule has 3 rings (SSSR count). The largest absolute Gasteiger partial charge is 0.543 e. The minimum Gasteiger partial charge on any atom is -0.543 e. The van der Waals surface area contributed by atoms with E-state index in [-0.39, 0.29) is 5.69 Å². The zero-order valence-corrected chi connectivity index (χ0v) is 11.6. The lowest BCUT2D eigenvalue weighted by Crippen LogP contribution is -2.26. The molecule has 2 heterocycles. The van der Waals surface area contributed by atoms with Gasteiger partial charge >= 0.3 is 6.18 Å². The van der Waals surface area contributed by atoms with Crippen LogP contribution in [0.4, 0.5) is 13.2 Å². The number of aromatic nitrogens is 4. The Kier molecular flexibility index (Phi) is 3.28. The highest BCUT2D eigenvalue weighted by Crippen LogP contribution is 2.27. The Balaban J connectivity index is 2.25. The molecule has 0 amide bonds. The average molecular weight is 321 g/mol. The molecule has 0 spiro atoms. The fourth-order valence-corrected chi connectivity index (χ4v) is 2.01. The fourth-order valence-electron chi connectivity index (χ4n) is 2.01. The maximum Gasteiger partial charge on any atom is 0.453 e. The van der Waals surface area contributed by atoms with Crippen molar-refractivity contribution in [3.05, 3.63) is 47.4 Å². The van der Waals surface area contributed by atoms with E-state index in [0.717, 1.165) is 11.6 Å². The molecule has 23 heavy (non-hydrogen) atoms. The van der Waals surface area contributed by atoms with Crippen LogP contribution in [-0.2, 0) is 6.18 Å². The van der Waals surface area contributed by atoms with Gasteiger partial charge in [-0.1, -0.05) is 29.8 Å². The molecule has 0 saturated carbocycles. The van der Waals surface area contributed by atoms with Gasteiger partial charge in [0.05, 0.1) is 17.4 Å². The number of carboxylic acid groups (broad SMARTS) is 1. The number of hydrogen-bond acceptors (Lipinski definition) is 5. The molecule has 0 aliphatic heterocycles. The number of rotatable bonds is 2. The van der Waals surface area contributed by atoms with Crippen molar-refractivity contribution in [2.45, 2.75) is 13.1 Å². The summed E-state index contributed by atoms with van der Waals surface area (Å²) < 4.78 is 38.6. The summed E-state index contributed by atoms with van der Waals surface area (Å²) in [5.41, 5.74) is 1.11. The Labute approximate surface area is 127 Å². The van der Waals surface area contributed by atoms with Gasteiger partial charge in [-0.2, -0.15) is 22.7 Å². The number of aromatic carboxylic acids is 1. The highest BCUT2D eigenvalue weighted by molar-refractivity contribution is 5.86. The van der Waals surface area contributed by atoms with E-state index in [1.54, 1.807) is 24.3 Å². The van der Waals surface area contributed by atoms with Crippen LogP contribution in [0.2, 0.25) is 0 Å². The molecular weight excluding hydrogens is 313 g/mol. The van der Waals surface area contributed by atoms with Crippen LogP contribution < -0.4 is 5.11 Å². The van der Waals surface area contributed by atoms with E-state index in [9.17, 15) is 23.1 Å². The van der Waals surface area contributed by atoms with Crippen molar-refractivity contribution in [2.75, 3.05) is 0 Å². The SMILES string of the molecule is Cc1ccc(-c2cc(C(=O)[O-])n3nc(C(F)(F)F)nc3n2)cc1. The fraction of sp³-hybridized carbons (Fsp3) is 0.143. The number of benzene rings is 1. The molecule has 0 unspecified atom stereocenters. The average Bonchev–Trinajstić information content (AvgIpc) is 2.90. The van der Waals surface area contributed by atoms with E-state index in [1.165, 1.54) is 0 Å². The minimum atomic E-state index is -4.80. The molecule has 0 fully saturated rings. The van der Waals surface area contributed by atoms with Crippen LogP contribution in [0.5, 0.6) is 0 Å². The minimum absolute atomic E-state index is 0.165. The Hall–Kier alpha value is -2.97. The molecule has 1 aromatic carbocycles. The molecule has 0 aliphatic carbocycles. The Bertz CT molecular complexity index is 901. The number of hydrogen-bond donors (Lipinski definition) is 0. The standard InChI is InChI=1S/C14H9F3N4O2/c1-7-2-4-8(5-3-7)9-6-10(11(22)23)21-13(18-9)19-12(20-21)14(15,16)17/h2-6H,1H3,(H,22,23)/p-1. The smallest absolute Gasteiger partial charge is 0.453 e. The number of carbonyl (C=O) groups excluding carboxylic acids is 1. The molecule has 0 radical (unpaired) electrons. The van der Waals surface area contributed by atoms with Gasteiger partial charge in [0.2, 0.25) is 0 Å². The second-order valence-corrected chi connectivity index (χ2v) is 4.83. The maximum atomic E-state index is 12.7. The van der Waals surface area contributed by atoms with Gasteiger partial charge in [-0.15, -0.1) is 5.10 Å². The molecule has 0 N–H and O–H groups in total. The lowest BCUT2D eigenvalue weighted by Gasteiger charge is -2.08. The molecule has 0 atom stereocenters. The third-order valence-electron chi connectivity index (χ3n) is 3.12. The zero-order valence-electron chi connectivity index (χ0n) is 11.6. The predicted molar refractivity (Wildman–Crippen MR) is 70.3 cm³/mol. The van der Waals surface area contributed by atoms with Crippen LogP contribution in [-0.4, -0.2) is 25.6 Å². The lowest BCUT2D eigenvalue weighted by atomic mass is 10.1. The molecule has 6 nitrogen and oxygen atoms in total. The molecule has 2 aromatic heterocycles. The van der Waals surface area contributed by atoms with Gasteiger partial charge in [0.25, 0.3) is 11.6 Å². The van der Waals surface area contributed by atoms with Gasteiger partial charge < -0.3 is 9.90 Å². The first kappa shape index (κ1) is 14.9. The van der Waals surface area contributed by atoms with Gasteiger partial charge in [-0.3, -0.25) is 0 Å². The maximum absolute atomic E-state index is 12.7. The van der Waals surface area contributed by atoms with Crippen molar-refractivity contribution in [2.24, 2.45) is 0 Å². The molecule has 0 bridgehead atoms. The number of carboxylic acids is 1. The number of fused-ring (bicyclic) bond motifs is 1. The highest BCUT2D eigenvalue weighted by atomic mass is 19.4. The summed E-state index contributed by atoms with van der Waals surface area (Å²) in [5.74, 6) is -3.60. The first-order chi connectivity index (χ1) is 10.8. The second kappa shape index (κ2) is 5.04. The molecular formula is C14H8F3N4O2-. The molecule has 118 valence electrons. The monoisotopic (exact) mass is 321 g/mol. The van der Waals surface area contributed by atoms with E-state index >= 15 is 0 Å². The van der Waals surface area contributed by atoms with Crippen molar-refractivity contribution in [3.63, 3.8) is 0 Å². The first-order valence-corrected chi connectivity index (χ1v) is 6.39. The van der Waals surface area contributed by atoms with Crippen molar-refractivity contribution in [1.29, 1.82) is 0 Å². The predicted octanol–water partition coefficient (Wildman–Crippen LogP) is 1.48. The zero-order chi connectivity index (χ0) is 16.8. The molecule has 3 aromatic rings. The molecule has 0 saturated heterocycles. The van der Waals surface area contributed by atoms with E-state index < -0.39 is 29.4 Å². The van der Waals surface area contributed by atoms with E-state index in [4.69, 9.17) is 0 Å². The van der Waals surface area contributed by atoms with Crippen LogP contribution in [0.25, 0.3) is 17.0 Å². The number of aryl methyl sites for hydroxylation is 1. The Morgan fingerprint density at radius 1 is 1.17 bits per heavy atom. The summed E-state index contributed by atoms with van der Waals surface area (Å²) in [7, 11) is 0. The highest BCUT2D eigenvalue weighted by Gasteiger charge is 2.37. The van der Waals surface area contributed by atoms with Crippen molar-refractivity contribution < 1.29 is 23.1 Å². The van der Waals surface area contributed by atoms with Crippen LogP contribution >= 0.6 is 0 Å². The molecule has 9 heteroatoms. The number of halogens is 3. The van der Waals surface area contributed by atoms with Crippen LogP contribution in [0, 0.1) is 6.92 Å². The third-order valence-corrected chi connectivity index (χ3v) is 3.12. The molecule has 0 aliphatic rings. The van der Waals surface area contributed by atoms with Crippen LogP contribution in [0.15, 0.2) is 30.3 Å². The summed E-state index contributed by atoms with van der Waals surface area (Å²) in [6, 6.07) is 7.99. The quantitative estimate of drug-likeness (QED) is 0.714. The summed E-state index contributed by atoms with van der Waals surface area (Å²) in [4.78, 5) is 18.4. The first-order valence-electron chi connectivity index (χ1n) is 6.39. The summed E-state index contributed by atoms with van der Waals surface area (Å²) in [5, 5.41) is 14.4. The summed E-state index contributed by atoms with van der Waals surface area (Å²) in [6.45, 7) is 1.86. The van der Waals surface area contributed by atoms with Gasteiger partial charge in [-0.25, -0.2) is 4.98 Å². The van der Waals surface area contributed by atoms with E-state index in [0.29, 0.717) is 10.1 Å². The Morgan fingerprint density at radius 2 is 1.83 bits per heavy atom. The summed E-state index contributed by atoms with van der Waals surface area (Å²) >= 11 is 0. The van der Waals surface area contributed by atoms with Gasteiger partial charge in [0.15, 0.2) is 0 Å². The van der Waals surface area contributed by atoms with Crippen molar-refractivity contribution in [1.82, 2.24) is 19.6 Å². The number of alkyl halides is 3. The number of carbonyl (C=O) groups is 1. The second-order valence-electron chi connectivity index (χ2n) is 4.83. The van der Waals surface area contributed by atoms with Gasteiger partial charge in [0, 0.05) is 5.56 Å². The van der Waals surface area contributed by atoms with Gasteiger partial charge in [0.1, 0.15) is 0 Å². The van der Waals surface area contributed by atoms with E-state index in [2.05, 4.69) is 15.1 Å². The van der Waals surface area contributed by atoms with Crippen molar-refractivity contribution in [3.8, 4) is 11.3 Å². The Morgan fingerprint density at radius 3 is 2.39 bits per heavy atom. The van der Waals surface area contributed by atoms with Gasteiger partial charge in [-0.05, 0) is 13.0 Å².